The van der Waals surface area contributed by atoms with Gasteiger partial charge in [-0.1, -0.05) is 22.0 Å². The third-order valence-electron chi connectivity index (χ3n) is 0.368. The molecule has 5 heteroatoms. The van der Waals surface area contributed by atoms with E-state index < -0.39 is 22.0 Å². The molecule has 1 rings (SSSR count). The molecule has 0 aliphatic carbocycles. The maximum atomic E-state index is 9.86. The van der Waals surface area contributed by atoms with Gasteiger partial charge in [-0.3, -0.25) is 8.42 Å². The molecule has 0 aromatic carbocycles. The highest BCUT2D eigenvalue weighted by atomic mass is 32.3. The van der Waals surface area contributed by atoms with Gasteiger partial charge in [0.1, 0.15) is 0 Å². The van der Waals surface area contributed by atoms with Crippen molar-refractivity contribution in [3.8, 4) is 0 Å². The molecule has 0 amide bonds. The molecule has 1 heterocycles. The van der Waals surface area contributed by atoms with Crippen molar-refractivity contribution in [2.45, 2.75) is 0 Å². The number of nitrogens with zero attached hydrogens (tertiary/aromatic N) is 1. The van der Waals surface area contributed by atoms with Crippen LogP contribution in [0.1, 0.15) is 0 Å². The van der Waals surface area contributed by atoms with E-state index in [2.05, 4.69) is 4.13 Å². The Morgan fingerprint density at radius 2 is 1.67 bits per heavy atom. The zero-order valence-electron chi connectivity index (χ0n) is 2.79. The predicted molar refractivity (Wildman–Crippen MR) is 24.5 cm³/mol. The van der Waals surface area contributed by atoms with E-state index in [1.807, 2.05) is 0 Å². The summed E-state index contributed by atoms with van der Waals surface area (Å²) in [6.07, 6.45) is 0. The average Bonchev–Trinajstić information content (AvgIpc) is 1.33. The molecule has 36 valence electrons. The Labute approximate surface area is 40.3 Å². The van der Waals surface area contributed by atoms with Gasteiger partial charge in [0.05, 0.1) is 5.08 Å². The summed E-state index contributed by atoms with van der Waals surface area (Å²) in [4.78, 5) is 0. The largest absolute Gasteiger partial charge is 0.489 e. The van der Waals surface area contributed by atoms with Gasteiger partial charge in [-0.05, 0) is 0 Å². The third kappa shape index (κ3) is 0.664. The summed E-state index contributed by atoms with van der Waals surface area (Å²) in [6, 6.07) is 0. The molecule has 1 aliphatic heterocycles. The van der Waals surface area contributed by atoms with E-state index in [1.165, 1.54) is 0 Å². The fourth-order valence-electron chi connectivity index (χ4n) is 0.171. The van der Waals surface area contributed by atoms with Crippen molar-refractivity contribution < 1.29 is 8.42 Å². The first-order valence-electron chi connectivity index (χ1n) is 1.28. The Morgan fingerprint density at radius 1 is 1.33 bits per heavy atom. The number of rotatable bonds is 0. The molecule has 0 radical (unpaired) electrons. The highest BCUT2D eigenvalue weighted by Gasteiger charge is 2.00. The van der Waals surface area contributed by atoms with E-state index >= 15 is 0 Å². The van der Waals surface area contributed by atoms with E-state index in [1.54, 1.807) is 0 Å². The summed E-state index contributed by atoms with van der Waals surface area (Å²) in [5.41, 5.74) is 0. The SMILES string of the molecule is O=S1CS(=O)[N-]1. The van der Waals surface area contributed by atoms with Gasteiger partial charge in [0, 0.05) is 0 Å². The molecule has 2 unspecified atom stereocenters. The van der Waals surface area contributed by atoms with E-state index in [-0.39, 0.29) is 5.08 Å². The molecule has 2 atom stereocenters. The summed E-state index contributed by atoms with van der Waals surface area (Å²) >= 11 is 0. The summed E-state index contributed by atoms with van der Waals surface area (Å²) in [5, 5.41) is 0.250. The van der Waals surface area contributed by atoms with Crippen molar-refractivity contribution in [1.29, 1.82) is 0 Å². The van der Waals surface area contributed by atoms with Crippen molar-refractivity contribution in [3.05, 3.63) is 4.13 Å². The summed E-state index contributed by atoms with van der Waals surface area (Å²) in [7, 11) is -2.19. The van der Waals surface area contributed by atoms with Crippen molar-refractivity contribution >= 4 is 22.0 Å². The molecule has 0 aromatic heterocycles. The van der Waals surface area contributed by atoms with Gasteiger partial charge in [-0.15, -0.1) is 0 Å². The van der Waals surface area contributed by atoms with Crippen molar-refractivity contribution in [2.75, 3.05) is 5.08 Å². The molecule has 1 fully saturated rings. The van der Waals surface area contributed by atoms with Gasteiger partial charge in [-0.25, -0.2) is 0 Å². The van der Waals surface area contributed by atoms with Gasteiger partial charge in [0.2, 0.25) is 0 Å². The predicted octanol–water partition coefficient (Wildman–Crippen LogP) is -0.341. The maximum Gasteiger partial charge on any atom is 0.0629 e. The maximum absolute atomic E-state index is 9.86. The van der Waals surface area contributed by atoms with E-state index in [9.17, 15) is 8.42 Å². The summed E-state index contributed by atoms with van der Waals surface area (Å²) < 4.78 is 22.9. The van der Waals surface area contributed by atoms with Crippen LogP contribution in [0, 0.1) is 0 Å². The lowest BCUT2D eigenvalue weighted by atomic mass is 11.9. The van der Waals surface area contributed by atoms with E-state index in [0.717, 1.165) is 0 Å². The minimum atomic E-state index is -1.10. The molecular weight excluding hydrogens is 122 g/mol. The summed E-state index contributed by atoms with van der Waals surface area (Å²) in [5.74, 6) is 0. The van der Waals surface area contributed by atoms with E-state index in [4.69, 9.17) is 0 Å². The smallest absolute Gasteiger partial charge is 0.0629 e. The first-order chi connectivity index (χ1) is 2.79. The molecule has 0 saturated carbocycles. The van der Waals surface area contributed by atoms with Crippen molar-refractivity contribution in [3.63, 3.8) is 0 Å². The first-order valence-corrected chi connectivity index (χ1v) is 3.83. The highest BCUT2D eigenvalue weighted by molar-refractivity contribution is 8.21. The van der Waals surface area contributed by atoms with Crippen LogP contribution in [-0.2, 0) is 22.0 Å². The van der Waals surface area contributed by atoms with Crippen LogP contribution in [0.3, 0.4) is 0 Å². The van der Waals surface area contributed by atoms with Crippen LogP contribution in [0.2, 0.25) is 0 Å². The number of hydrogen-bond acceptors (Lipinski definition) is 2. The van der Waals surface area contributed by atoms with E-state index in [0.29, 0.717) is 0 Å². The second kappa shape index (κ2) is 1.40. The van der Waals surface area contributed by atoms with Crippen LogP contribution in [0.4, 0.5) is 0 Å². The minimum absolute atomic E-state index is 0.250. The van der Waals surface area contributed by atoms with Crippen LogP contribution in [0.5, 0.6) is 0 Å². The van der Waals surface area contributed by atoms with Crippen molar-refractivity contribution in [1.82, 2.24) is 0 Å². The normalized spacial score (nSPS) is 44.7. The summed E-state index contributed by atoms with van der Waals surface area (Å²) in [6.45, 7) is 0. The van der Waals surface area contributed by atoms with Crippen LogP contribution in [0.15, 0.2) is 0 Å². The Kier molecular flexibility index (Phi) is 1.03. The first kappa shape index (κ1) is 4.42. The Balaban J connectivity index is 2.47. The fraction of sp³-hybridized carbons (Fsp3) is 1.00. The molecule has 6 heavy (non-hydrogen) atoms. The van der Waals surface area contributed by atoms with Gasteiger partial charge < -0.3 is 4.13 Å². The van der Waals surface area contributed by atoms with Crippen LogP contribution in [-0.4, -0.2) is 13.5 Å². The Morgan fingerprint density at radius 3 is 1.67 bits per heavy atom. The third-order valence-corrected chi connectivity index (χ3v) is 3.31. The van der Waals surface area contributed by atoms with Gasteiger partial charge in [0.25, 0.3) is 0 Å². The Hall–Kier alpha value is 0.260. The quantitative estimate of drug-likeness (QED) is 0.443. The zero-order chi connectivity index (χ0) is 4.57. The van der Waals surface area contributed by atoms with Gasteiger partial charge in [-0.2, -0.15) is 0 Å². The Bertz CT molecular complexity index is 88.1. The second-order valence-corrected chi connectivity index (χ2v) is 3.66. The number of hydrogen-bond donors (Lipinski definition) is 0. The molecule has 1 saturated heterocycles. The lowest BCUT2D eigenvalue weighted by Crippen LogP contribution is -2.14. The molecule has 3 nitrogen and oxygen atoms in total. The minimum Gasteiger partial charge on any atom is -0.489 e. The molecule has 0 spiro atoms. The second-order valence-electron chi connectivity index (χ2n) is 0.835. The fourth-order valence-corrected chi connectivity index (χ4v) is 1.54. The van der Waals surface area contributed by atoms with Crippen molar-refractivity contribution in [2.24, 2.45) is 0 Å². The average molecular weight is 124 g/mol. The zero-order valence-corrected chi connectivity index (χ0v) is 4.42. The van der Waals surface area contributed by atoms with Crippen LogP contribution < -0.4 is 0 Å². The highest BCUT2D eigenvalue weighted by Crippen LogP contribution is 2.14. The van der Waals surface area contributed by atoms with Gasteiger partial charge >= 0.3 is 0 Å². The van der Waals surface area contributed by atoms with Crippen LogP contribution >= 0.6 is 0 Å². The molecule has 0 bridgehead atoms. The topological polar surface area (TPSA) is 48.2 Å². The lowest BCUT2D eigenvalue weighted by Gasteiger charge is -2.28. The molecule has 0 N–H and O–H groups in total. The lowest BCUT2D eigenvalue weighted by molar-refractivity contribution is 0.678. The molecule has 0 aromatic rings. The van der Waals surface area contributed by atoms with Crippen LogP contribution in [0.25, 0.3) is 4.13 Å². The molecule has 1 aliphatic rings. The molecular formula is CH2NO2S2-. The standard InChI is InChI=1S/CH2NO2S2/c3-5-1-6(4)2-5/h1H2/q-1. The van der Waals surface area contributed by atoms with Gasteiger partial charge in [0.15, 0.2) is 0 Å². The monoisotopic (exact) mass is 124 g/mol.